The fraction of sp³-hybridized carbons (Fsp3) is 0.0909. The van der Waals surface area contributed by atoms with Crippen LogP contribution in [0.25, 0.3) is 10.9 Å². The number of hydrogen-bond acceptors (Lipinski definition) is 3. The van der Waals surface area contributed by atoms with E-state index < -0.39 is 0 Å². The highest BCUT2D eigenvalue weighted by molar-refractivity contribution is 9.10. The van der Waals surface area contributed by atoms with Gasteiger partial charge < -0.3 is 0 Å². The number of halogens is 1. The number of fused-ring (bicyclic) bond motifs is 1. The molecule has 0 bridgehead atoms. The number of isocyanates is 1. The minimum Gasteiger partial charge on any atom is -0.253 e. The predicted molar refractivity (Wildman–Crippen MR) is 62.0 cm³/mol. The van der Waals surface area contributed by atoms with E-state index in [1.165, 1.54) is 0 Å². The van der Waals surface area contributed by atoms with E-state index in [1.54, 1.807) is 12.1 Å². The number of hydrogen-bond donors (Lipinski definition) is 0. The quantitative estimate of drug-likeness (QED) is 0.585. The van der Waals surface area contributed by atoms with Gasteiger partial charge in [-0.25, -0.2) is 4.79 Å². The van der Waals surface area contributed by atoms with E-state index in [1.807, 2.05) is 25.1 Å². The molecule has 4 heteroatoms. The summed E-state index contributed by atoms with van der Waals surface area (Å²) in [5.41, 5.74) is 2.26. The average Bonchev–Trinajstić information content (AvgIpc) is 2.19. The molecule has 0 atom stereocenters. The minimum atomic E-state index is 0.605. The fourth-order valence-corrected chi connectivity index (χ4v) is 1.81. The lowest BCUT2D eigenvalue weighted by molar-refractivity contribution is 0.565. The molecular weight excluding hydrogens is 256 g/mol. The van der Waals surface area contributed by atoms with Crippen LogP contribution in [0.4, 0.5) is 5.69 Å². The maximum absolute atomic E-state index is 10.3. The van der Waals surface area contributed by atoms with Crippen LogP contribution in [0.5, 0.6) is 0 Å². The third-order valence-electron chi connectivity index (χ3n) is 2.04. The van der Waals surface area contributed by atoms with Gasteiger partial charge in [-0.1, -0.05) is 15.9 Å². The van der Waals surface area contributed by atoms with E-state index in [4.69, 9.17) is 0 Å². The lowest BCUT2D eigenvalue weighted by Crippen LogP contribution is -1.84. The van der Waals surface area contributed by atoms with E-state index in [0.717, 1.165) is 21.1 Å². The molecule has 1 aromatic carbocycles. The molecule has 0 saturated carbocycles. The van der Waals surface area contributed by atoms with Crippen LogP contribution in [0, 0.1) is 6.92 Å². The Kier molecular flexibility index (Phi) is 2.62. The second-order valence-electron chi connectivity index (χ2n) is 3.15. The van der Waals surface area contributed by atoms with Gasteiger partial charge in [0.05, 0.1) is 11.2 Å². The van der Waals surface area contributed by atoms with Crippen LogP contribution in [0.3, 0.4) is 0 Å². The summed E-state index contributed by atoms with van der Waals surface area (Å²) in [5, 5.41) is 0.846. The maximum Gasteiger partial charge on any atom is 0.240 e. The lowest BCUT2D eigenvalue weighted by Gasteiger charge is -2.02. The number of carbonyl (C=O) groups excluding carboxylic acids is 1. The third-order valence-corrected chi connectivity index (χ3v) is 2.54. The van der Waals surface area contributed by atoms with Crippen molar-refractivity contribution < 1.29 is 4.79 Å². The summed E-state index contributed by atoms with van der Waals surface area (Å²) < 4.78 is 0.933. The minimum absolute atomic E-state index is 0.605. The Bertz CT molecular complexity index is 574. The zero-order valence-corrected chi connectivity index (χ0v) is 9.58. The van der Waals surface area contributed by atoms with E-state index in [2.05, 4.69) is 25.9 Å². The van der Waals surface area contributed by atoms with Gasteiger partial charge in [-0.2, -0.15) is 4.99 Å². The van der Waals surface area contributed by atoms with Crippen molar-refractivity contribution in [1.82, 2.24) is 4.98 Å². The Morgan fingerprint density at radius 1 is 1.40 bits per heavy atom. The molecule has 0 unspecified atom stereocenters. The molecule has 3 nitrogen and oxygen atoms in total. The van der Waals surface area contributed by atoms with Crippen LogP contribution in [-0.4, -0.2) is 11.1 Å². The summed E-state index contributed by atoms with van der Waals surface area (Å²) in [5.74, 6) is 0. The first-order chi connectivity index (χ1) is 7.20. The first-order valence-electron chi connectivity index (χ1n) is 4.35. The molecule has 0 amide bonds. The number of nitrogens with zero attached hydrogens (tertiary/aromatic N) is 2. The monoisotopic (exact) mass is 262 g/mol. The fourth-order valence-electron chi connectivity index (χ4n) is 1.45. The van der Waals surface area contributed by atoms with Crippen molar-refractivity contribution in [2.24, 2.45) is 4.99 Å². The number of aliphatic imine (C=N–C) groups is 1. The van der Waals surface area contributed by atoms with Crippen LogP contribution < -0.4 is 0 Å². The molecule has 74 valence electrons. The zero-order valence-electron chi connectivity index (χ0n) is 7.99. The Balaban J connectivity index is 2.87. The highest BCUT2D eigenvalue weighted by Gasteiger charge is 2.03. The molecule has 1 heterocycles. The Morgan fingerprint density at radius 2 is 2.20 bits per heavy atom. The van der Waals surface area contributed by atoms with Crippen LogP contribution in [0.1, 0.15) is 5.69 Å². The van der Waals surface area contributed by atoms with Crippen molar-refractivity contribution in [3.8, 4) is 0 Å². The van der Waals surface area contributed by atoms with Crippen LogP contribution in [0.15, 0.2) is 33.7 Å². The number of aromatic nitrogens is 1. The van der Waals surface area contributed by atoms with Gasteiger partial charge in [0, 0.05) is 15.6 Å². The summed E-state index contributed by atoms with van der Waals surface area (Å²) in [6.07, 6.45) is 1.55. The molecule has 0 N–H and O–H groups in total. The molecule has 0 aliphatic rings. The molecule has 0 aliphatic heterocycles. The Morgan fingerprint density at radius 3 is 2.93 bits per heavy atom. The van der Waals surface area contributed by atoms with Gasteiger partial charge >= 0.3 is 0 Å². The topological polar surface area (TPSA) is 42.3 Å². The van der Waals surface area contributed by atoms with Gasteiger partial charge in [0.15, 0.2) is 0 Å². The van der Waals surface area contributed by atoms with Crippen molar-refractivity contribution in [1.29, 1.82) is 0 Å². The van der Waals surface area contributed by atoms with E-state index >= 15 is 0 Å². The van der Waals surface area contributed by atoms with Crippen molar-refractivity contribution in [2.45, 2.75) is 6.92 Å². The molecule has 15 heavy (non-hydrogen) atoms. The molecule has 2 aromatic rings. The van der Waals surface area contributed by atoms with Gasteiger partial charge in [0.25, 0.3) is 0 Å². The summed E-state index contributed by atoms with van der Waals surface area (Å²) in [6.45, 7) is 1.87. The SMILES string of the molecule is Cc1cc(N=C=O)c2cc(Br)ccc2n1. The highest BCUT2D eigenvalue weighted by Crippen LogP contribution is 2.27. The second-order valence-corrected chi connectivity index (χ2v) is 4.06. The number of rotatable bonds is 1. The number of pyridine rings is 1. The summed E-state index contributed by atoms with van der Waals surface area (Å²) >= 11 is 3.37. The zero-order chi connectivity index (χ0) is 10.8. The van der Waals surface area contributed by atoms with Gasteiger partial charge in [0.1, 0.15) is 0 Å². The van der Waals surface area contributed by atoms with E-state index in [9.17, 15) is 4.79 Å². The molecule has 1 aromatic heterocycles. The highest BCUT2D eigenvalue weighted by atomic mass is 79.9. The molecule has 0 aliphatic carbocycles. The van der Waals surface area contributed by atoms with Crippen LogP contribution in [0.2, 0.25) is 0 Å². The molecule has 2 rings (SSSR count). The largest absolute Gasteiger partial charge is 0.253 e. The molecule has 0 radical (unpaired) electrons. The third kappa shape index (κ3) is 1.96. The molecule has 0 spiro atoms. The van der Waals surface area contributed by atoms with Gasteiger partial charge in [-0.3, -0.25) is 4.98 Å². The summed E-state index contributed by atoms with van der Waals surface area (Å²) in [4.78, 5) is 18.3. The smallest absolute Gasteiger partial charge is 0.240 e. The Labute approximate surface area is 95.0 Å². The van der Waals surface area contributed by atoms with E-state index in [-0.39, 0.29) is 0 Å². The first kappa shape index (κ1) is 10.0. The van der Waals surface area contributed by atoms with Crippen LogP contribution >= 0.6 is 15.9 Å². The average molecular weight is 263 g/mol. The first-order valence-corrected chi connectivity index (χ1v) is 5.15. The molecule has 0 saturated heterocycles. The molecule has 0 fully saturated rings. The maximum atomic E-state index is 10.3. The van der Waals surface area contributed by atoms with Crippen molar-refractivity contribution in [3.05, 3.63) is 34.4 Å². The normalized spacial score (nSPS) is 10.0. The number of benzene rings is 1. The van der Waals surface area contributed by atoms with E-state index in [0.29, 0.717) is 5.69 Å². The standard InChI is InChI=1S/C11H7BrN2O/c1-7-4-11(13-6-15)9-5-8(12)2-3-10(9)14-7/h2-5H,1H3. The van der Waals surface area contributed by atoms with Gasteiger partial charge in [-0.05, 0) is 31.2 Å². The van der Waals surface area contributed by atoms with Crippen molar-refractivity contribution in [2.75, 3.05) is 0 Å². The summed E-state index contributed by atoms with van der Waals surface area (Å²) in [6, 6.07) is 7.44. The van der Waals surface area contributed by atoms with Gasteiger partial charge in [-0.15, -0.1) is 0 Å². The summed E-state index contributed by atoms with van der Waals surface area (Å²) in [7, 11) is 0. The predicted octanol–water partition coefficient (Wildman–Crippen LogP) is 3.27. The molecular formula is C11H7BrN2O. The van der Waals surface area contributed by atoms with Crippen molar-refractivity contribution in [3.63, 3.8) is 0 Å². The second kappa shape index (κ2) is 3.93. The van der Waals surface area contributed by atoms with Crippen molar-refractivity contribution >= 4 is 38.6 Å². The Hall–Kier alpha value is -1.51. The van der Waals surface area contributed by atoms with Gasteiger partial charge in [0.2, 0.25) is 6.08 Å². The number of aryl methyl sites for hydroxylation is 1. The van der Waals surface area contributed by atoms with Crippen LogP contribution in [-0.2, 0) is 4.79 Å². The lowest BCUT2D eigenvalue weighted by atomic mass is 10.1.